The molecule has 0 saturated heterocycles. The first-order valence-corrected chi connectivity index (χ1v) is 6.41. The van der Waals surface area contributed by atoms with Gasteiger partial charge in [-0.2, -0.15) is 0 Å². The molecule has 0 bridgehead atoms. The second kappa shape index (κ2) is 8.32. The molecule has 8 nitrogen and oxygen atoms in total. The molecule has 0 spiro atoms. The highest BCUT2D eigenvalue weighted by molar-refractivity contribution is 5.94. The number of carboxylic acids is 2. The topological polar surface area (TPSA) is 127 Å². The van der Waals surface area contributed by atoms with Crippen molar-refractivity contribution in [1.29, 1.82) is 0 Å². The van der Waals surface area contributed by atoms with Gasteiger partial charge in [0.05, 0.1) is 11.1 Å². The quantitative estimate of drug-likeness (QED) is 0.564. The van der Waals surface area contributed by atoms with Crippen LogP contribution in [0.4, 0.5) is 0 Å². The molecule has 1 unspecified atom stereocenters. The number of aromatic carboxylic acids is 1. The van der Waals surface area contributed by atoms with Crippen LogP contribution in [0.2, 0.25) is 0 Å². The van der Waals surface area contributed by atoms with Crippen molar-refractivity contribution in [2.24, 2.45) is 0 Å². The van der Waals surface area contributed by atoms with Gasteiger partial charge in [-0.05, 0) is 25.1 Å². The van der Waals surface area contributed by atoms with Gasteiger partial charge in [0, 0.05) is 12.2 Å². The van der Waals surface area contributed by atoms with Gasteiger partial charge in [-0.3, -0.25) is 0 Å². The highest BCUT2D eigenvalue weighted by Gasteiger charge is 2.14. The van der Waals surface area contributed by atoms with Gasteiger partial charge in [0.2, 0.25) is 0 Å². The van der Waals surface area contributed by atoms with Crippen LogP contribution in [0.5, 0.6) is 0 Å². The first kappa shape index (κ1) is 17.9. The Labute approximate surface area is 130 Å². The van der Waals surface area contributed by atoms with Crippen molar-refractivity contribution in [3.05, 3.63) is 47.5 Å². The Bertz CT molecular complexity index is 647. The van der Waals surface area contributed by atoms with Gasteiger partial charge in [-0.15, -0.1) is 0 Å². The van der Waals surface area contributed by atoms with Crippen LogP contribution in [0, 0.1) is 0 Å². The molecule has 1 rings (SSSR count). The number of hydrogen-bond acceptors (Lipinski definition) is 6. The molecular weight excluding hydrogens is 308 g/mol. The minimum atomic E-state index is -1.29. The summed E-state index contributed by atoms with van der Waals surface area (Å²) in [5.74, 6) is -4.12. The lowest BCUT2D eigenvalue weighted by Gasteiger charge is -2.12. The van der Waals surface area contributed by atoms with E-state index in [4.69, 9.17) is 19.7 Å². The molecule has 2 N–H and O–H groups in total. The maximum absolute atomic E-state index is 11.8. The lowest BCUT2D eigenvalue weighted by atomic mass is 10.1. The van der Waals surface area contributed by atoms with Gasteiger partial charge < -0.3 is 19.7 Å². The van der Waals surface area contributed by atoms with Crippen LogP contribution in [-0.2, 0) is 19.1 Å². The summed E-state index contributed by atoms with van der Waals surface area (Å²) in [6.45, 7) is 1.19. The Morgan fingerprint density at radius 3 is 2.39 bits per heavy atom. The fraction of sp³-hybridized carbons (Fsp3) is 0.200. The van der Waals surface area contributed by atoms with Gasteiger partial charge in [0.1, 0.15) is 12.7 Å². The van der Waals surface area contributed by atoms with Crippen molar-refractivity contribution in [3.8, 4) is 0 Å². The van der Waals surface area contributed by atoms with Gasteiger partial charge in [0.15, 0.2) is 0 Å². The van der Waals surface area contributed by atoms with Crippen LogP contribution in [0.15, 0.2) is 36.4 Å². The van der Waals surface area contributed by atoms with Crippen molar-refractivity contribution in [1.82, 2.24) is 0 Å². The summed E-state index contributed by atoms with van der Waals surface area (Å²) in [5.41, 5.74) is -0.00747. The molecule has 122 valence electrons. The van der Waals surface area contributed by atoms with Gasteiger partial charge in [0.25, 0.3) is 0 Å². The third kappa shape index (κ3) is 6.42. The second-order valence-corrected chi connectivity index (χ2v) is 4.40. The zero-order chi connectivity index (χ0) is 17.4. The summed E-state index contributed by atoms with van der Waals surface area (Å²) < 4.78 is 9.69. The van der Waals surface area contributed by atoms with E-state index < -0.39 is 30.0 Å². The monoisotopic (exact) mass is 322 g/mol. The average Bonchev–Trinajstić information content (AvgIpc) is 2.50. The molecule has 0 saturated carbocycles. The molecule has 0 heterocycles. The molecular formula is C15H14O8. The Balaban J connectivity index is 2.52. The minimum absolute atomic E-state index is 0.0502. The Morgan fingerprint density at radius 2 is 1.78 bits per heavy atom. The highest BCUT2D eigenvalue weighted by atomic mass is 16.6. The third-order valence-electron chi connectivity index (χ3n) is 2.47. The molecule has 0 amide bonds. The van der Waals surface area contributed by atoms with Crippen molar-refractivity contribution in [3.63, 3.8) is 0 Å². The maximum atomic E-state index is 11.8. The summed E-state index contributed by atoms with van der Waals surface area (Å²) in [7, 11) is 0. The Hall–Kier alpha value is -3.16. The number of aliphatic carboxylic acids is 1. The first-order valence-electron chi connectivity index (χ1n) is 6.41. The minimum Gasteiger partial charge on any atom is -0.478 e. The van der Waals surface area contributed by atoms with Gasteiger partial charge in [-0.1, -0.05) is 6.07 Å². The molecule has 1 atom stereocenters. The standard InChI is InChI=1S/C15H14O8/c1-9(23-13(18)6-5-12(16)17)8-22-15(21)11-4-2-3-10(7-11)14(19)20/h2-7,9H,8H2,1H3,(H,16,17)(H,19,20)/b6-5+. The molecule has 1 aromatic carbocycles. The Morgan fingerprint density at radius 1 is 1.13 bits per heavy atom. The van der Waals surface area contributed by atoms with Gasteiger partial charge >= 0.3 is 23.9 Å². The van der Waals surface area contributed by atoms with Crippen molar-refractivity contribution >= 4 is 23.9 Å². The number of ether oxygens (including phenoxy) is 2. The van der Waals surface area contributed by atoms with Crippen LogP contribution in [-0.4, -0.2) is 46.8 Å². The molecule has 0 fully saturated rings. The van der Waals surface area contributed by atoms with E-state index in [1.807, 2.05) is 0 Å². The lowest BCUT2D eigenvalue weighted by Crippen LogP contribution is -2.21. The smallest absolute Gasteiger partial charge is 0.338 e. The van der Waals surface area contributed by atoms with Crippen LogP contribution in [0.25, 0.3) is 0 Å². The number of benzene rings is 1. The summed E-state index contributed by atoms with van der Waals surface area (Å²) in [6.07, 6.45) is 0.558. The van der Waals surface area contributed by atoms with E-state index in [0.717, 1.165) is 12.1 Å². The molecule has 0 aliphatic carbocycles. The van der Waals surface area contributed by atoms with Crippen molar-refractivity contribution in [2.75, 3.05) is 6.61 Å². The van der Waals surface area contributed by atoms with Crippen molar-refractivity contribution in [2.45, 2.75) is 13.0 Å². The number of rotatable bonds is 7. The lowest BCUT2D eigenvalue weighted by molar-refractivity contribution is -0.144. The molecule has 8 heteroatoms. The Kier molecular flexibility index (Phi) is 6.47. The van der Waals surface area contributed by atoms with Crippen LogP contribution in [0.3, 0.4) is 0 Å². The average molecular weight is 322 g/mol. The van der Waals surface area contributed by atoms with Crippen LogP contribution >= 0.6 is 0 Å². The second-order valence-electron chi connectivity index (χ2n) is 4.40. The molecule has 0 aliphatic rings. The number of carbonyl (C=O) groups excluding carboxylic acids is 2. The highest BCUT2D eigenvalue weighted by Crippen LogP contribution is 2.07. The first-order chi connectivity index (χ1) is 10.8. The summed E-state index contributed by atoms with van der Waals surface area (Å²) in [4.78, 5) is 44.0. The maximum Gasteiger partial charge on any atom is 0.338 e. The molecule has 0 aliphatic heterocycles. The largest absolute Gasteiger partial charge is 0.478 e. The zero-order valence-corrected chi connectivity index (χ0v) is 12.1. The van der Waals surface area contributed by atoms with E-state index in [2.05, 4.69) is 0 Å². The van der Waals surface area contributed by atoms with E-state index in [0.29, 0.717) is 6.08 Å². The summed E-state index contributed by atoms with van der Waals surface area (Å²) >= 11 is 0. The predicted molar refractivity (Wildman–Crippen MR) is 76.0 cm³/mol. The van der Waals surface area contributed by atoms with E-state index in [1.165, 1.54) is 25.1 Å². The van der Waals surface area contributed by atoms with Crippen LogP contribution < -0.4 is 0 Å². The SMILES string of the molecule is CC(COC(=O)c1cccc(C(=O)O)c1)OC(=O)/C=C/C(=O)O. The number of esters is 2. The molecule has 23 heavy (non-hydrogen) atoms. The molecule has 0 radical (unpaired) electrons. The van der Waals surface area contributed by atoms with Gasteiger partial charge in [-0.25, -0.2) is 19.2 Å². The van der Waals surface area contributed by atoms with E-state index >= 15 is 0 Å². The summed E-state index contributed by atoms with van der Waals surface area (Å²) in [6, 6.07) is 5.29. The fourth-order valence-electron chi connectivity index (χ4n) is 1.47. The number of hydrogen-bond donors (Lipinski definition) is 2. The normalized spacial score (nSPS) is 11.7. The number of carbonyl (C=O) groups is 4. The number of carboxylic acid groups (broad SMARTS) is 2. The van der Waals surface area contributed by atoms with Crippen molar-refractivity contribution < 1.29 is 38.9 Å². The van der Waals surface area contributed by atoms with E-state index in [1.54, 1.807) is 0 Å². The van der Waals surface area contributed by atoms with E-state index in [-0.39, 0.29) is 17.7 Å². The van der Waals surface area contributed by atoms with Crippen LogP contribution in [0.1, 0.15) is 27.6 Å². The molecule has 1 aromatic rings. The van der Waals surface area contributed by atoms with E-state index in [9.17, 15) is 19.2 Å². The third-order valence-corrected chi connectivity index (χ3v) is 2.47. The summed E-state index contributed by atoms with van der Waals surface area (Å²) in [5, 5.41) is 17.2. The molecule has 0 aromatic heterocycles. The fourth-order valence-corrected chi connectivity index (χ4v) is 1.47. The zero-order valence-electron chi connectivity index (χ0n) is 12.1. The predicted octanol–water partition coefficient (Wildman–Crippen LogP) is 1.11.